The van der Waals surface area contributed by atoms with Crippen molar-refractivity contribution in [2.75, 3.05) is 18.9 Å². The second kappa shape index (κ2) is 9.09. The predicted molar refractivity (Wildman–Crippen MR) is 102 cm³/mol. The normalized spacial score (nSPS) is 11.9. The summed E-state index contributed by atoms with van der Waals surface area (Å²) in [5, 5.41) is 6.66. The third-order valence-corrected chi connectivity index (χ3v) is 3.83. The Bertz CT molecular complexity index is 583. The fraction of sp³-hybridized carbons (Fsp3) is 0.400. The molecule has 1 aromatic rings. The van der Waals surface area contributed by atoms with Crippen molar-refractivity contribution >= 4 is 5.69 Å². The Morgan fingerprint density at radius 2 is 2.00 bits per heavy atom. The Labute approximate surface area is 141 Å². The minimum absolute atomic E-state index is 0.546. The molecule has 0 heterocycles. The summed E-state index contributed by atoms with van der Waals surface area (Å²) in [6.45, 7) is 15.4. The van der Waals surface area contributed by atoms with E-state index >= 15 is 0 Å². The van der Waals surface area contributed by atoms with Crippen LogP contribution in [0.15, 0.2) is 54.6 Å². The van der Waals surface area contributed by atoms with E-state index in [0.717, 1.165) is 18.1 Å². The van der Waals surface area contributed by atoms with Crippen molar-refractivity contribution in [1.82, 2.24) is 10.2 Å². The summed E-state index contributed by atoms with van der Waals surface area (Å²) >= 11 is 0. The molecule has 0 saturated heterocycles. The van der Waals surface area contributed by atoms with Gasteiger partial charge in [0, 0.05) is 18.4 Å². The number of nitrogens with one attached hydrogen (secondary N) is 2. The summed E-state index contributed by atoms with van der Waals surface area (Å²) < 4.78 is 0. The summed E-state index contributed by atoms with van der Waals surface area (Å²) in [5.41, 5.74) is 4.95. The van der Waals surface area contributed by atoms with Gasteiger partial charge in [-0.3, -0.25) is 0 Å². The van der Waals surface area contributed by atoms with Crippen LogP contribution < -0.4 is 10.6 Å². The van der Waals surface area contributed by atoms with Crippen molar-refractivity contribution in [3.8, 4) is 0 Å². The number of hydrogen-bond donors (Lipinski definition) is 2. The molecule has 0 spiro atoms. The quantitative estimate of drug-likeness (QED) is 0.710. The fourth-order valence-corrected chi connectivity index (χ4v) is 2.57. The minimum atomic E-state index is 0.546. The van der Waals surface area contributed by atoms with Crippen LogP contribution in [-0.4, -0.2) is 18.5 Å². The zero-order chi connectivity index (χ0) is 17.4. The van der Waals surface area contributed by atoms with Crippen LogP contribution in [0.3, 0.4) is 0 Å². The van der Waals surface area contributed by atoms with E-state index in [1.165, 1.54) is 16.8 Å². The Morgan fingerprint density at radius 1 is 1.30 bits per heavy atom. The second-order valence-electron chi connectivity index (χ2n) is 6.06. The third kappa shape index (κ3) is 5.85. The van der Waals surface area contributed by atoms with Gasteiger partial charge in [-0.1, -0.05) is 38.6 Å². The maximum Gasteiger partial charge on any atom is 0.0960 e. The van der Waals surface area contributed by atoms with Gasteiger partial charge in [-0.2, -0.15) is 0 Å². The fourth-order valence-electron chi connectivity index (χ4n) is 2.57. The van der Waals surface area contributed by atoms with E-state index in [1.807, 2.05) is 33.2 Å². The Kier molecular flexibility index (Phi) is 7.46. The molecular formula is C20H31N3. The molecule has 0 aliphatic heterocycles. The van der Waals surface area contributed by atoms with Gasteiger partial charge in [0.05, 0.1) is 12.4 Å². The topological polar surface area (TPSA) is 27.3 Å². The number of benzene rings is 1. The summed E-state index contributed by atoms with van der Waals surface area (Å²) in [6.07, 6.45) is 6.17. The first-order valence-corrected chi connectivity index (χ1v) is 8.20. The molecule has 0 bridgehead atoms. The number of hydrogen-bond acceptors (Lipinski definition) is 3. The smallest absolute Gasteiger partial charge is 0.0960 e. The van der Waals surface area contributed by atoms with Crippen LogP contribution in [0.5, 0.6) is 0 Å². The van der Waals surface area contributed by atoms with Crippen molar-refractivity contribution in [3.05, 3.63) is 65.8 Å². The highest BCUT2D eigenvalue weighted by Crippen LogP contribution is 2.22. The van der Waals surface area contributed by atoms with Gasteiger partial charge in [0.2, 0.25) is 0 Å². The number of anilines is 1. The maximum atomic E-state index is 4.06. The molecule has 0 atom stereocenters. The Balaban J connectivity index is 2.62. The predicted octanol–water partition coefficient (Wildman–Crippen LogP) is 4.96. The van der Waals surface area contributed by atoms with Crippen LogP contribution in [0.2, 0.25) is 0 Å². The molecular weight excluding hydrogens is 282 g/mol. The SMILES string of the molecule is C=C(NCC(=CC)N(C)/C=C\C)Nc1ccc(C(C)C)c(C)c1. The molecule has 0 radical (unpaired) electrons. The van der Waals surface area contributed by atoms with E-state index in [-0.39, 0.29) is 0 Å². The third-order valence-electron chi connectivity index (χ3n) is 3.83. The summed E-state index contributed by atoms with van der Waals surface area (Å²) in [7, 11) is 2.04. The van der Waals surface area contributed by atoms with Crippen molar-refractivity contribution in [2.24, 2.45) is 0 Å². The van der Waals surface area contributed by atoms with Gasteiger partial charge in [0.25, 0.3) is 0 Å². The van der Waals surface area contributed by atoms with Gasteiger partial charge >= 0.3 is 0 Å². The lowest BCUT2D eigenvalue weighted by atomic mass is 9.98. The van der Waals surface area contributed by atoms with Crippen LogP contribution >= 0.6 is 0 Å². The van der Waals surface area contributed by atoms with Gasteiger partial charge in [0.15, 0.2) is 0 Å². The lowest BCUT2D eigenvalue weighted by Crippen LogP contribution is -2.26. The molecule has 3 heteroatoms. The first-order chi connectivity index (χ1) is 10.9. The number of nitrogens with zero attached hydrogens (tertiary/aromatic N) is 1. The summed E-state index contributed by atoms with van der Waals surface area (Å²) in [6, 6.07) is 6.47. The van der Waals surface area contributed by atoms with E-state index in [4.69, 9.17) is 0 Å². The van der Waals surface area contributed by atoms with E-state index < -0.39 is 0 Å². The van der Waals surface area contributed by atoms with Gasteiger partial charge in [-0.25, -0.2) is 0 Å². The van der Waals surface area contributed by atoms with Crippen molar-refractivity contribution in [3.63, 3.8) is 0 Å². The van der Waals surface area contributed by atoms with Gasteiger partial charge in [-0.05, 0) is 56.1 Å². The molecule has 1 aromatic carbocycles. The molecule has 0 aliphatic carbocycles. The Hall–Kier alpha value is -2.16. The summed E-state index contributed by atoms with van der Waals surface area (Å²) in [5.74, 6) is 1.35. The lowest BCUT2D eigenvalue weighted by molar-refractivity contribution is 0.540. The zero-order valence-electron chi connectivity index (χ0n) is 15.4. The van der Waals surface area contributed by atoms with Crippen molar-refractivity contribution in [2.45, 2.75) is 40.5 Å². The number of likely N-dealkylation sites (N-methyl/N-ethyl adjacent to an activating group) is 1. The molecule has 0 aliphatic rings. The highest BCUT2D eigenvalue weighted by atomic mass is 15.1. The largest absolute Gasteiger partial charge is 0.367 e. The van der Waals surface area contributed by atoms with Crippen LogP contribution in [-0.2, 0) is 0 Å². The van der Waals surface area contributed by atoms with Crippen molar-refractivity contribution in [1.29, 1.82) is 0 Å². The number of rotatable bonds is 8. The molecule has 126 valence electrons. The van der Waals surface area contributed by atoms with E-state index in [0.29, 0.717) is 5.92 Å². The maximum absolute atomic E-state index is 4.06. The van der Waals surface area contributed by atoms with Crippen LogP contribution in [0, 0.1) is 6.92 Å². The van der Waals surface area contributed by atoms with Crippen LogP contribution in [0.1, 0.15) is 44.7 Å². The summed E-state index contributed by atoms with van der Waals surface area (Å²) in [4.78, 5) is 2.10. The molecule has 1 rings (SSSR count). The lowest BCUT2D eigenvalue weighted by Gasteiger charge is -2.21. The minimum Gasteiger partial charge on any atom is -0.367 e. The van der Waals surface area contributed by atoms with Gasteiger partial charge in [0.1, 0.15) is 0 Å². The highest BCUT2D eigenvalue weighted by molar-refractivity contribution is 5.52. The Morgan fingerprint density at radius 3 is 2.52 bits per heavy atom. The molecule has 2 N–H and O–H groups in total. The average Bonchev–Trinajstić information content (AvgIpc) is 2.47. The standard InChI is InChI=1S/C20H31N3/c1-8-12-23(7)19(9-2)14-21-17(6)22-18-10-11-20(15(3)4)16(5)13-18/h8-13,15,21-22H,6,14H2,1-5,7H3/b12-8-,19-9?. The van der Waals surface area contributed by atoms with E-state index in [2.05, 4.69) is 67.2 Å². The molecule has 0 unspecified atom stereocenters. The first kappa shape index (κ1) is 18.9. The van der Waals surface area contributed by atoms with Gasteiger partial charge < -0.3 is 15.5 Å². The van der Waals surface area contributed by atoms with E-state index in [1.54, 1.807) is 0 Å². The molecule has 0 saturated carbocycles. The average molecular weight is 313 g/mol. The number of aryl methyl sites for hydroxylation is 1. The molecule has 0 aromatic heterocycles. The number of allylic oxidation sites excluding steroid dienone is 2. The molecule has 3 nitrogen and oxygen atoms in total. The monoisotopic (exact) mass is 313 g/mol. The first-order valence-electron chi connectivity index (χ1n) is 8.20. The molecule has 0 amide bonds. The van der Waals surface area contributed by atoms with Crippen LogP contribution in [0.25, 0.3) is 0 Å². The highest BCUT2D eigenvalue weighted by Gasteiger charge is 2.05. The second-order valence-corrected chi connectivity index (χ2v) is 6.06. The van der Waals surface area contributed by atoms with Crippen molar-refractivity contribution < 1.29 is 0 Å². The van der Waals surface area contributed by atoms with E-state index in [9.17, 15) is 0 Å². The van der Waals surface area contributed by atoms with Gasteiger partial charge in [-0.15, -0.1) is 0 Å². The molecule has 0 fully saturated rings. The molecule has 23 heavy (non-hydrogen) atoms. The van der Waals surface area contributed by atoms with Crippen LogP contribution in [0.4, 0.5) is 5.69 Å². The zero-order valence-corrected chi connectivity index (χ0v) is 15.4.